The second-order valence-electron chi connectivity index (χ2n) is 6.34. The van der Waals surface area contributed by atoms with Crippen LogP contribution in [0.1, 0.15) is 10.5 Å². The third-order valence-electron chi connectivity index (χ3n) is 4.63. The number of rotatable bonds is 3. The van der Waals surface area contributed by atoms with Crippen molar-refractivity contribution in [3.63, 3.8) is 0 Å². The molecule has 6 heteroatoms. The van der Waals surface area contributed by atoms with Crippen molar-refractivity contribution in [3.05, 3.63) is 90.8 Å². The highest BCUT2D eigenvalue weighted by atomic mass is 16.1. The first kappa shape index (κ1) is 16.1. The second-order valence-corrected chi connectivity index (χ2v) is 6.34. The van der Waals surface area contributed by atoms with Crippen LogP contribution in [0.15, 0.2) is 85.1 Å². The zero-order chi connectivity index (χ0) is 18.9. The van der Waals surface area contributed by atoms with Gasteiger partial charge in [0.15, 0.2) is 0 Å². The maximum Gasteiger partial charge on any atom is 0.274 e. The molecule has 0 fully saturated rings. The number of para-hydroxylation sites is 1. The fraction of sp³-hybridized carbons (Fsp3) is 0. The minimum Gasteiger partial charge on any atom is -0.320 e. The van der Waals surface area contributed by atoms with Crippen LogP contribution in [-0.4, -0.2) is 25.9 Å². The van der Waals surface area contributed by atoms with E-state index in [-0.39, 0.29) is 5.91 Å². The van der Waals surface area contributed by atoms with Gasteiger partial charge in [-0.3, -0.25) is 9.78 Å². The highest BCUT2D eigenvalue weighted by Crippen LogP contribution is 2.30. The molecule has 2 heterocycles. The van der Waals surface area contributed by atoms with Gasteiger partial charge in [-0.15, -0.1) is 5.10 Å². The van der Waals surface area contributed by atoms with E-state index in [9.17, 15) is 4.79 Å². The van der Waals surface area contributed by atoms with Crippen LogP contribution in [0.5, 0.6) is 0 Å². The molecule has 0 radical (unpaired) electrons. The number of carbonyl (C=O) groups is 1. The van der Waals surface area contributed by atoms with Crippen LogP contribution in [0, 0.1) is 0 Å². The van der Waals surface area contributed by atoms with Gasteiger partial charge in [0.05, 0.1) is 11.2 Å². The molecular formula is C22H15N5O. The number of benzene rings is 3. The van der Waals surface area contributed by atoms with E-state index in [1.165, 1.54) is 0 Å². The van der Waals surface area contributed by atoms with Crippen molar-refractivity contribution in [2.75, 3.05) is 5.32 Å². The Kier molecular flexibility index (Phi) is 3.80. The summed E-state index contributed by atoms with van der Waals surface area (Å²) in [7, 11) is 0. The van der Waals surface area contributed by atoms with Gasteiger partial charge in [0.2, 0.25) is 0 Å². The third kappa shape index (κ3) is 2.68. The minimum atomic E-state index is -0.246. The van der Waals surface area contributed by atoms with Crippen molar-refractivity contribution in [1.82, 2.24) is 20.0 Å². The fourth-order valence-corrected chi connectivity index (χ4v) is 3.31. The highest BCUT2D eigenvalue weighted by Gasteiger charge is 2.14. The number of aromatic nitrogens is 4. The van der Waals surface area contributed by atoms with Crippen molar-refractivity contribution in [2.24, 2.45) is 0 Å². The first-order chi connectivity index (χ1) is 13.8. The first-order valence-electron chi connectivity index (χ1n) is 8.86. The van der Waals surface area contributed by atoms with E-state index >= 15 is 0 Å². The highest BCUT2D eigenvalue weighted by molar-refractivity contribution is 6.09. The molecular weight excluding hydrogens is 350 g/mol. The van der Waals surface area contributed by atoms with Crippen LogP contribution >= 0.6 is 0 Å². The number of carbonyl (C=O) groups excluding carboxylic acids is 1. The summed E-state index contributed by atoms with van der Waals surface area (Å²) in [6, 6.07) is 24.8. The van der Waals surface area contributed by atoms with Gasteiger partial charge in [0.1, 0.15) is 11.2 Å². The summed E-state index contributed by atoms with van der Waals surface area (Å²) in [6.07, 6.45) is 1.60. The number of nitrogens with zero attached hydrogens (tertiary/aromatic N) is 4. The predicted octanol–water partition coefficient (Wildman–Crippen LogP) is 4.22. The summed E-state index contributed by atoms with van der Waals surface area (Å²) in [5.74, 6) is -0.246. The van der Waals surface area contributed by atoms with E-state index in [2.05, 4.69) is 20.6 Å². The molecule has 1 N–H and O–H groups in total. The van der Waals surface area contributed by atoms with Crippen molar-refractivity contribution in [1.29, 1.82) is 0 Å². The standard InChI is InChI=1S/C22H15N5O/c28-22(19-10-5-6-14-23-19)24-17-12-13-20(16-8-2-1-7-15(16)17)27-21-11-4-3-9-18(21)25-26-27/h1-14H,(H,24,28). The van der Waals surface area contributed by atoms with Gasteiger partial charge in [-0.05, 0) is 36.4 Å². The lowest BCUT2D eigenvalue weighted by molar-refractivity contribution is 0.102. The molecule has 3 aromatic carbocycles. The van der Waals surface area contributed by atoms with Crippen LogP contribution in [0.4, 0.5) is 5.69 Å². The number of amides is 1. The van der Waals surface area contributed by atoms with E-state index in [0.717, 1.165) is 33.2 Å². The molecule has 28 heavy (non-hydrogen) atoms. The molecule has 0 atom stereocenters. The Morgan fingerprint density at radius 2 is 1.61 bits per heavy atom. The molecule has 5 rings (SSSR count). The van der Waals surface area contributed by atoms with Gasteiger partial charge in [-0.25, -0.2) is 4.68 Å². The lowest BCUT2D eigenvalue weighted by Gasteiger charge is -2.12. The summed E-state index contributed by atoms with van der Waals surface area (Å²) in [5.41, 5.74) is 3.76. The molecule has 0 aliphatic rings. The number of hydrogen-bond acceptors (Lipinski definition) is 4. The quantitative estimate of drug-likeness (QED) is 0.519. The summed E-state index contributed by atoms with van der Waals surface area (Å²) >= 11 is 0. The van der Waals surface area contributed by atoms with Crippen LogP contribution < -0.4 is 5.32 Å². The molecule has 0 saturated heterocycles. The van der Waals surface area contributed by atoms with Gasteiger partial charge in [-0.2, -0.15) is 0 Å². The Morgan fingerprint density at radius 1 is 0.821 bits per heavy atom. The molecule has 6 nitrogen and oxygen atoms in total. The lowest BCUT2D eigenvalue weighted by atomic mass is 10.1. The van der Waals surface area contributed by atoms with Gasteiger partial charge >= 0.3 is 0 Å². The van der Waals surface area contributed by atoms with Crippen molar-refractivity contribution < 1.29 is 4.79 Å². The van der Waals surface area contributed by atoms with E-state index in [0.29, 0.717) is 5.69 Å². The van der Waals surface area contributed by atoms with E-state index in [1.54, 1.807) is 24.4 Å². The Bertz CT molecular complexity index is 1310. The van der Waals surface area contributed by atoms with Gasteiger partial charge in [-0.1, -0.05) is 47.7 Å². The maximum atomic E-state index is 12.5. The van der Waals surface area contributed by atoms with Gasteiger partial charge < -0.3 is 5.32 Å². The molecule has 0 aliphatic heterocycles. The molecule has 5 aromatic rings. The zero-order valence-electron chi connectivity index (χ0n) is 14.8. The Morgan fingerprint density at radius 3 is 2.46 bits per heavy atom. The third-order valence-corrected chi connectivity index (χ3v) is 4.63. The molecule has 134 valence electrons. The van der Waals surface area contributed by atoms with Crippen molar-refractivity contribution >= 4 is 33.4 Å². The van der Waals surface area contributed by atoms with Gasteiger partial charge in [0, 0.05) is 22.7 Å². The summed E-state index contributed by atoms with van der Waals surface area (Å²) in [4.78, 5) is 16.7. The SMILES string of the molecule is O=C(Nc1ccc(-n2nnc3ccccc32)c2ccccc12)c1ccccn1. The molecule has 0 saturated carbocycles. The molecule has 2 aromatic heterocycles. The van der Waals surface area contributed by atoms with Gasteiger partial charge in [0.25, 0.3) is 5.91 Å². The topological polar surface area (TPSA) is 72.7 Å². The Balaban J connectivity index is 1.63. The normalized spacial score (nSPS) is 11.0. The number of hydrogen-bond donors (Lipinski definition) is 1. The first-order valence-corrected chi connectivity index (χ1v) is 8.86. The fourth-order valence-electron chi connectivity index (χ4n) is 3.31. The number of nitrogens with one attached hydrogen (secondary N) is 1. The van der Waals surface area contributed by atoms with Crippen molar-refractivity contribution in [2.45, 2.75) is 0 Å². The number of pyridine rings is 1. The lowest BCUT2D eigenvalue weighted by Crippen LogP contribution is -2.13. The number of anilines is 1. The summed E-state index contributed by atoms with van der Waals surface area (Å²) in [5, 5.41) is 13.4. The summed E-state index contributed by atoms with van der Waals surface area (Å²) in [6.45, 7) is 0. The molecule has 1 amide bonds. The smallest absolute Gasteiger partial charge is 0.274 e. The zero-order valence-corrected chi connectivity index (χ0v) is 14.8. The van der Waals surface area contributed by atoms with Crippen LogP contribution in [0.3, 0.4) is 0 Å². The molecule has 0 unspecified atom stereocenters. The molecule has 0 aliphatic carbocycles. The van der Waals surface area contributed by atoms with Crippen LogP contribution in [0.25, 0.3) is 27.5 Å². The Labute approximate surface area is 160 Å². The average molecular weight is 365 g/mol. The average Bonchev–Trinajstić information content (AvgIpc) is 3.18. The summed E-state index contributed by atoms with van der Waals surface area (Å²) < 4.78 is 1.82. The van der Waals surface area contributed by atoms with Crippen LogP contribution in [-0.2, 0) is 0 Å². The maximum absolute atomic E-state index is 12.5. The largest absolute Gasteiger partial charge is 0.320 e. The van der Waals surface area contributed by atoms with Crippen LogP contribution in [0.2, 0.25) is 0 Å². The monoisotopic (exact) mass is 365 g/mol. The Hall–Kier alpha value is -4.06. The van der Waals surface area contributed by atoms with E-state index < -0.39 is 0 Å². The predicted molar refractivity (Wildman–Crippen MR) is 109 cm³/mol. The molecule has 0 bridgehead atoms. The second kappa shape index (κ2) is 6.59. The molecule has 0 spiro atoms. The number of fused-ring (bicyclic) bond motifs is 2. The van der Waals surface area contributed by atoms with E-state index in [4.69, 9.17) is 0 Å². The minimum absolute atomic E-state index is 0.246. The van der Waals surface area contributed by atoms with E-state index in [1.807, 2.05) is 65.3 Å². The van der Waals surface area contributed by atoms with Crippen molar-refractivity contribution in [3.8, 4) is 5.69 Å².